The van der Waals surface area contributed by atoms with E-state index in [-0.39, 0.29) is 17.3 Å². The Labute approximate surface area is 121 Å². The van der Waals surface area contributed by atoms with Gasteiger partial charge < -0.3 is 10.6 Å². The second-order valence-corrected chi connectivity index (χ2v) is 5.15. The highest BCUT2D eigenvalue weighted by Gasteiger charge is 2.29. The summed E-state index contributed by atoms with van der Waals surface area (Å²) in [6.45, 7) is 1.04. The van der Waals surface area contributed by atoms with Gasteiger partial charge in [0.25, 0.3) is 11.6 Å². The first kappa shape index (κ1) is 15.4. The molecule has 2 rings (SSSR count). The van der Waals surface area contributed by atoms with Crippen molar-refractivity contribution in [2.24, 2.45) is 5.73 Å². The number of carbonyl (C=O) groups is 1. The van der Waals surface area contributed by atoms with E-state index in [0.717, 1.165) is 31.4 Å². The Balaban J connectivity index is 2.23. The lowest BCUT2D eigenvalue weighted by atomic mass is 9.98. The summed E-state index contributed by atoms with van der Waals surface area (Å²) in [4.78, 5) is 24.0. The molecule has 1 heterocycles. The van der Waals surface area contributed by atoms with E-state index in [9.17, 15) is 19.3 Å². The van der Waals surface area contributed by atoms with Crippen LogP contribution in [0.15, 0.2) is 18.2 Å². The summed E-state index contributed by atoms with van der Waals surface area (Å²) in [7, 11) is 0. The van der Waals surface area contributed by atoms with Crippen molar-refractivity contribution in [3.05, 3.63) is 39.7 Å². The summed E-state index contributed by atoms with van der Waals surface area (Å²) in [5, 5.41) is 10.6. The molecule has 1 unspecified atom stereocenters. The van der Waals surface area contributed by atoms with Crippen LogP contribution in [-0.4, -0.2) is 34.9 Å². The SMILES string of the molecule is NCCC1CCCCN1C(=O)c1ccc([N+](=O)[O-])cc1F. The molecule has 1 amide bonds. The van der Waals surface area contributed by atoms with Gasteiger partial charge in [-0.25, -0.2) is 4.39 Å². The molecule has 1 aliphatic rings. The minimum Gasteiger partial charge on any atom is -0.336 e. The lowest BCUT2D eigenvalue weighted by Crippen LogP contribution is -2.44. The predicted octanol–water partition coefficient (Wildman–Crippen LogP) is 2.08. The highest BCUT2D eigenvalue weighted by molar-refractivity contribution is 5.95. The monoisotopic (exact) mass is 295 g/mol. The van der Waals surface area contributed by atoms with Crippen molar-refractivity contribution >= 4 is 11.6 Å². The second-order valence-electron chi connectivity index (χ2n) is 5.15. The molecule has 21 heavy (non-hydrogen) atoms. The van der Waals surface area contributed by atoms with Gasteiger partial charge in [-0.05, 0) is 38.3 Å². The fraction of sp³-hybridized carbons (Fsp3) is 0.500. The minimum absolute atomic E-state index is 0.0193. The topological polar surface area (TPSA) is 89.5 Å². The summed E-state index contributed by atoms with van der Waals surface area (Å²) in [5.41, 5.74) is 5.08. The molecule has 2 N–H and O–H groups in total. The number of rotatable bonds is 4. The third kappa shape index (κ3) is 3.36. The summed E-state index contributed by atoms with van der Waals surface area (Å²) in [6, 6.07) is 3.14. The maximum Gasteiger partial charge on any atom is 0.272 e. The van der Waals surface area contributed by atoms with E-state index in [4.69, 9.17) is 5.73 Å². The van der Waals surface area contributed by atoms with Crippen LogP contribution in [0.25, 0.3) is 0 Å². The van der Waals surface area contributed by atoms with Crippen LogP contribution in [0.4, 0.5) is 10.1 Å². The number of hydrogen-bond donors (Lipinski definition) is 1. The number of piperidine rings is 1. The third-order valence-corrected chi connectivity index (χ3v) is 3.78. The zero-order valence-corrected chi connectivity index (χ0v) is 11.6. The molecule has 0 bridgehead atoms. The number of benzene rings is 1. The van der Waals surface area contributed by atoms with Gasteiger partial charge in [0.2, 0.25) is 0 Å². The van der Waals surface area contributed by atoms with Crippen LogP contribution in [0.5, 0.6) is 0 Å². The molecule has 1 aromatic rings. The molecule has 1 atom stereocenters. The van der Waals surface area contributed by atoms with Gasteiger partial charge in [0.15, 0.2) is 0 Å². The largest absolute Gasteiger partial charge is 0.336 e. The molecule has 0 saturated carbocycles. The molecule has 0 aliphatic carbocycles. The van der Waals surface area contributed by atoms with Gasteiger partial charge in [-0.2, -0.15) is 0 Å². The molecule has 1 saturated heterocycles. The fourth-order valence-electron chi connectivity index (χ4n) is 2.71. The van der Waals surface area contributed by atoms with Crippen LogP contribution < -0.4 is 5.73 Å². The van der Waals surface area contributed by atoms with E-state index in [0.29, 0.717) is 19.5 Å². The maximum atomic E-state index is 14.0. The van der Waals surface area contributed by atoms with Crippen LogP contribution in [0.2, 0.25) is 0 Å². The number of non-ortho nitro benzene ring substituents is 1. The van der Waals surface area contributed by atoms with Crippen LogP contribution in [-0.2, 0) is 0 Å². The Morgan fingerprint density at radius 3 is 2.86 bits per heavy atom. The van der Waals surface area contributed by atoms with E-state index in [1.165, 1.54) is 6.07 Å². The number of amides is 1. The molecule has 1 fully saturated rings. The number of hydrogen-bond acceptors (Lipinski definition) is 4. The first-order valence-electron chi connectivity index (χ1n) is 6.99. The van der Waals surface area contributed by atoms with E-state index in [1.54, 1.807) is 4.90 Å². The summed E-state index contributed by atoms with van der Waals surface area (Å²) in [6.07, 6.45) is 3.44. The summed E-state index contributed by atoms with van der Waals surface area (Å²) >= 11 is 0. The minimum atomic E-state index is -0.855. The first-order valence-corrected chi connectivity index (χ1v) is 6.99. The van der Waals surface area contributed by atoms with Gasteiger partial charge in [-0.3, -0.25) is 14.9 Å². The van der Waals surface area contributed by atoms with E-state index in [2.05, 4.69) is 0 Å². The zero-order valence-electron chi connectivity index (χ0n) is 11.6. The highest BCUT2D eigenvalue weighted by Crippen LogP contribution is 2.24. The lowest BCUT2D eigenvalue weighted by molar-refractivity contribution is -0.385. The van der Waals surface area contributed by atoms with Crippen LogP contribution in [0, 0.1) is 15.9 Å². The Morgan fingerprint density at radius 2 is 2.24 bits per heavy atom. The lowest BCUT2D eigenvalue weighted by Gasteiger charge is -2.35. The van der Waals surface area contributed by atoms with Crippen LogP contribution in [0.3, 0.4) is 0 Å². The van der Waals surface area contributed by atoms with Gasteiger partial charge in [0.1, 0.15) is 5.82 Å². The molecule has 6 nitrogen and oxygen atoms in total. The molecule has 0 spiro atoms. The van der Waals surface area contributed by atoms with Gasteiger partial charge >= 0.3 is 0 Å². The molecule has 7 heteroatoms. The number of nitrogens with zero attached hydrogens (tertiary/aromatic N) is 2. The van der Waals surface area contributed by atoms with Crippen LogP contribution in [0.1, 0.15) is 36.0 Å². The second kappa shape index (κ2) is 6.62. The van der Waals surface area contributed by atoms with Crippen LogP contribution >= 0.6 is 0 Å². The van der Waals surface area contributed by atoms with E-state index >= 15 is 0 Å². The molecule has 1 aromatic carbocycles. The Bertz CT molecular complexity index is 548. The number of likely N-dealkylation sites (tertiary alicyclic amines) is 1. The number of nitro benzene ring substituents is 1. The number of nitrogens with two attached hydrogens (primary N) is 1. The first-order chi connectivity index (χ1) is 10.0. The average Bonchev–Trinajstić information content (AvgIpc) is 2.47. The predicted molar refractivity (Wildman–Crippen MR) is 75.4 cm³/mol. The molecular weight excluding hydrogens is 277 g/mol. The van der Waals surface area contributed by atoms with Crippen molar-refractivity contribution < 1.29 is 14.1 Å². The van der Waals surface area contributed by atoms with Crippen molar-refractivity contribution in [2.75, 3.05) is 13.1 Å². The van der Waals surface area contributed by atoms with Gasteiger partial charge in [-0.15, -0.1) is 0 Å². The Hall–Kier alpha value is -2.02. The van der Waals surface area contributed by atoms with Crippen molar-refractivity contribution in [1.29, 1.82) is 0 Å². The van der Waals surface area contributed by atoms with Crippen molar-refractivity contribution in [3.63, 3.8) is 0 Å². The van der Waals surface area contributed by atoms with Crippen molar-refractivity contribution in [1.82, 2.24) is 4.90 Å². The number of halogens is 1. The highest BCUT2D eigenvalue weighted by atomic mass is 19.1. The number of nitro groups is 1. The normalized spacial score (nSPS) is 18.6. The number of carbonyl (C=O) groups excluding carboxylic acids is 1. The maximum absolute atomic E-state index is 14.0. The average molecular weight is 295 g/mol. The van der Waals surface area contributed by atoms with Gasteiger partial charge in [-0.1, -0.05) is 0 Å². The Morgan fingerprint density at radius 1 is 1.48 bits per heavy atom. The van der Waals surface area contributed by atoms with E-state index < -0.39 is 16.6 Å². The summed E-state index contributed by atoms with van der Waals surface area (Å²) < 4.78 is 14.0. The van der Waals surface area contributed by atoms with Gasteiger partial charge in [0, 0.05) is 18.7 Å². The molecule has 114 valence electrons. The molecule has 1 aliphatic heterocycles. The van der Waals surface area contributed by atoms with Gasteiger partial charge in [0.05, 0.1) is 16.6 Å². The smallest absolute Gasteiger partial charge is 0.272 e. The zero-order chi connectivity index (χ0) is 15.4. The van der Waals surface area contributed by atoms with Crippen molar-refractivity contribution in [3.8, 4) is 0 Å². The Kier molecular flexibility index (Phi) is 4.85. The quantitative estimate of drug-likeness (QED) is 0.680. The molecular formula is C14H18FN3O3. The molecule has 0 aromatic heterocycles. The van der Waals surface area contributed by atoms with E-state index in [1.807, 2.05) is 0 Å². The third-order valence-electron chi connectivity index (χ3n) is 3.78. The summed E-state index contributed by atoms with van der Waals surface area (Å²) in [5.74, 6) is -1.27. The van der Waals surface area contributed by atoms with Crippen molar-refractivity contribution in [2.45, 2.75) is 31.7 Å². The standard InChI is InChI=1S/C14H18FN3O3/c15-13-9-11(18(20)21)4-5-12(13)14(19)17-8-2-1-3-10(17)6-7-16/h4-5,9-10H,1-3,6-8,16H2. The molecule has 0 radical (unpaired) electrons. The fourth-order valence-corrected chi connectivity index (χ4v) is 2.71.